The Hall–Kier alpha value is -3.10. The Morgan fingerprint density at radius 2 is 1.80 bits per heavy atom. The Labute approximate surface area is 264 Å². The van der Waals surface area contributed by atoms with Gasteiger partial charge in [-0.05, 0) is 113 Å². The average molecular weight is 719 g/mol. The average Bonchev–Trinajstić information content (AvgIpc) is 3.47. The topological polar surface area (TPSA) is 42.8 Å². The Balaban J connectivity index is 1.17. The van der Waals surface area contributed by atoms with Crippen molar-refractivity contribution in [2.45, 2.75) is 38.8 Å². The predicted molar refractivity (Wildman–Crippen MR) is 180 cm³/mol. The molecule has 4 aromatic carbocycles. The lowest BCUT2D eigenvalue weighted by Gasteiger charge is -2.37. The van der Waals surface area contributed by atoms with Gasteiger partial charge in [0, 0.05) is 22.3 Å². The van der Waals surface area contributed by atoms with Gasteiger partial charge < -0.3 is 14.8 Å². The molecule has 208 valence electrons. The minimum Gasteiger partial charge on any atom is -0.490 e. The zero-order valence-electron chi connectivity index (χ0n) is 23.1. The highest BCUT2D eigenvalue weighted by molar-refractivity contribution is 14.1. The fourth-order valence-electron chi connectivity index (χ4n) is 5.76. The number of aryl methyl sites for hydroxylation is 1. The van der Waals surface area contributed by atoms with Crippen LogP contribution in [0.25, 0.3) is 0 Å². The summed E-state index contributed by atoms with van der Waals surface area (Å²) in [4.78, 5) is 4.79. The molecular formula is C35H32BrIN2O2. The van der Waals surface area contributed by atoms with Crippen LogP contribution in [-0.2, 0) is 6.61 Å². The number of fused-ring (bicyclic) bond motifs is 3. The summed E-state index contributed by atoms with van der Waals surface area (Å²) < 4.78 is 14.2. The van der Waals surface area contributed by atoms with E-state index in [0.717, 1.165) is 42.8 Å². The monoisotopic (exact) mass is 718 g/mol. The van der Waals surface area contributed by atoms with Gasteiger partial charge in [-0.3, -0.25) is 4.99 Å². The van der Waals surface area contributed by atoms with Crippen molar-refractivity contribution in [3.8, 4) is 11.5 Å². The number of hydrogen-bond donors (Lipinski definition) is 1. The number of anilines is 1. The van der Waals surface area contributed by atoms with E-state index in [1.54, 1.807) is 0 Å². The quantitative estimate of drug-likeness (QED) is 0.112. The molecule has 0 bridgehead atoms. The summed E-state index contributed by atoms with van der Waals surface area (Å²) in [5, 5.41) is 3.83. The normalized spacial score (nSPS) is 19.1. The molecule has 0 saturated heterocycles. The molecule has 0 amide bonds. The first kappa shape index (κ1) is 28.0. The van der Waals surface area contributed by atoms with Crippen molar-refractivity contribution in [1.29, 1.82) is 0 Å². The largest absolute Gasteiger partial charge is 0.490 e. The van der Waals surface area contributed by atoms with E-state index >= 15 is 0 Å². The smallest absolute Gasteiger partial charge is 0.175 e. The van der Waals surface area contributed by atoms with Gasteiger partial charge in [0.1, 0.15) is 6.61 Å². The molecule has 1 aliphatic heterocycles. The predicted octanol–water partition coefficient (Wildman–Crippen LogP) is 9.92. The lowest BCUT2D eigenvalue weighted by Crippen LogP contribution is -2.29. The summed E-state index contributed by atoms with van der Waals surface area (Å²) in [7, 11) is 0. The number of halogens is 2. The molecule has 1 N–H and O–H groups in total. The lowest BCUT2D eigenvalue weighted by molar-refractivity contribution is 0.267. The van der Waals surface area contributed by atoms with Gasteiger partial charge in [0.05, 0.1) is 21.9 Å². The minimum absolute atomic E-state index is 0.281. The summed E-state index contributed by atoms with van der Waals surface area (Å²) in [6.07, 6.45) is 7.73. The highest BCUT2D eigenvalue weighted by atomic mass is 127. The zero-order chi connectivity index (χ0) is 28.3. The molecule has 1 aliphatic carbocycles. The summed E-state index contributed by atoms with van der Waals surface area (Å²) in [5.41, 5.74) is 8.28. The zero-order valence-corrected chi connectivity index (χ0v) is 26.9. The molecule has 0 unspecified atom stereocenters. The van der Waals surface area contributed by atoms with Gasteiger partial charge >= 0.3 is 0 Å². The van der Waals surface area contributed by atoms with E-state index in [0.29, 0.717) is 25.0 Å². The Bertz CT molecular complexity index is 1600. The van der Waals surface area contributed by atoms with Gasteiger partial charge in [-0.2, -0.15) is 0 Å². The molecule has 4 aromatic rings. The first-order chi connectivity index (χ1) is 20.0. The van der Waals surface area contributed by atoms with Crippen LogP contribution >= 0.6 is 38.5 Å². The van der Waals surface area contributed by atoms with Crippen LogP contribution in [0, 0.1) is 16.4 Å². The van der Waals surface area contributed by atoms with Crippen LogP contribution in [0.15, 0.2) is 100 Å². The van der Waals surface area contributed by atoms with Crippen LogP contribution in [0.2, 0.25) is 0 Å². The summed E-state index contributed by atoms with van der Waals surface area (Å²) in [5.74, 6) is 2.49. The Morgan fingerprint density at radius 3 is 2.59 bits per heavy atom. The number of aliphatic imine (C=N–C) groups is 1. The molecule has 3 atom stereocenters. The fourth-order valence-corrected chi connectivity index (χ4v) is 6.81. The number of hydrogen-bond acceptors (Lipinski definition) is 4. The van der Waals surface area contributed by atoms with Crippen molar-refractivity contribution in [1.82, 2.24) is 0 Å². The van der Waals surface area contributed by atoms with Crippen molar-refractivity contribution in [2.24, 2.45) is 10.9 Å². The van der Waals surface area contributed by atoms with Crippen molar-refractivity contribution in [3.05, 3.63) is 127 Å². The highest BCUT2D eigenvalue weighted by Crippen LogP contribution is 2.50. The number of ether oxygens (including phenoxy) is 2. The van der Waals surface area contributed by atoms with Gasteiger partial charge in [0.15, 0.2) is 11.5 Å². The molecule has 0 radical (unpaired) electrons. The first-order valence-electron chi connectivity index (χ1n) is 14.0. The van der Waals surface area contributed by atoms with E-state index < -0.39 is 0 Å². The molecule has 41 heavy (non-hydrogen) atoms. The molecule has 0 spiro atoms. The molecule has 6 heteroatoms. The van der Waals surface area contributed by atoms with Gasteiger partial charge in [-0.1, -0.05) is 70.0 Å². The van der Waals surface area contributed by atoms with Crippen molar-refractivity contribution in [2.75, 3.05) is 11.9 Å². The van der Waals surface area contributed by atoms with Crippen LogP contribution in [-0.4, -0.2) is 12.8 Å². The second-order valence-corrected chi connectivity index (χ2v) is 12.7. The van der Waals surface area contributed by atoms with Crippen LogP contribution in [0.3, 0.4) is 0 Å². The molecule has 4 nitrogen and oxygen atoms in total. The molecule has 2 aliphatic rings. The Morgan fingerprint density at radius 1 is 1.00 bits per heavy atom. The molecule has 0 saturated carbocycles. The number of nitrogens with zero attached hydrogens (tertiary/aromatic N) is 1. The third kappa shape index (κ3) is 6.24. The van der Waals surface area contributed by atoms with Gasteiger partial charge in [0.2, 0.25) is 0 Å². The van der Waals surface area contributed by atoms with Gasteiger partial charge in [-0.25, -0.2) is 0 Å². The van der Waals surface area contributed by atoms with Gasteiger partial charge in [-0.15, -0.1) is 0 Å². The standard InChI is InChI=1S/C35H32BrIN2O2/c1-3-40-33-19-24(18-31(37)35(33)41-21-23-8-12-26(36)13-9-23)20-38-27-14-10-25(11-15-27)34-29-6-4-5-28(29)30-17-22(2)7-16-32(30)39-34/h4-5,7-20,28-29,34,39H,3,6,21H2,1-2H3/t28-,29+,34+/m1/s1. The second kappa shape index (κ2) is 12.4. The third-order valence-corrected chi connectivity index (χ3v) is 9.09. The summed E-state index contributed by atoms with van der Waals surface area (Å²) in [6, 6.07) is 27.9. The van der Waals surface area contributed by atoms with E-state index in [4.69, 9.17) is 14.5 Å². The first-order valence-corrected chi connectivity index (χ1v) is 15.9. The van der Waals surface area contributed by atoms with Crippen LogP contribution in [0.5, 0.6) is 11.5 Å². The van der Waals surface area contributed by atoms with Crippen molar-refractivity contribution in [3.63, 3.8) is 0 Å². The second-order valence-electron chi connectivity index (χ2n) is 10.6. The van der Waals surface area contributed by atoms with Crippen LogP contribution in [0.4, 0.5) is 11.4 Å². The number of nitrogens with one attached hydrogen (secondary N) is 1. The number of benzene rings is 4. The SMILES string of the molecule is CCOc1cc(C=Nc2ccc([C@@H]3Nc4ccc(C)cc4[C@@H]4C=CC[C@@H]43)cc2)cc(I)c1OCc1ccc(Br)cc1. The Kier molecular flexibility index (Phi) is 8.49. The molecule has 1 heterocycles. The minimum atomic E-state index is 0.281. The van der Waals surface area contributed by atoms with Crippen LogP contribution < -0.4 is 14.8 Å². The van der Waals surface area contributed by atoms with Gasteiger partial charge in [0.25, 0.3) is 0 Å². The molecular weight excluding hydrogens is 687 g/mol. The van der Waals surface area contributed by atoms with E-state index in [9.17, 15) is 0 Å². The molecule has 0 aromatic heterocycles. The van der Waals surface area contributed by atoms with E-state index in [1.807, 2.05) is 31.3 Å². The summed E-state index contributed by atoms with van der Waals surface area (Å²) >= 11 is 5.79. The lowest BCUT2D eigenvalue weighted by atomic mass is 9.76. The van der Waals surface area contributed by atoms with E-state index in [2.05, 4.69) is 124 Å². The fraction of sp³-hybridized carbons (Fsp3) is 0.229. The van der Waals surface area contributed by atoms with Crippen molar-refractivity contribution >= 4 is 56.1 Å². The number of allylic oxidation sites excluding steroid dienone is 2. The highest BCUT2D eigenvalue weighted by Gasteiger charge is 2.37. The third-order valence-electron chi connectivity index (χ3n) is 7.76. The summed E-state index contributed by atoms with van der Waals surface area (Å²) in [6.45, 7) is 5.19. The maximum absolute atomic E-state index is 6.19. The molecule has 6 rings (SSSR count). The maximum atomic E-state index is 6.19. The molecule has 0 fully saturated rings. The van der Waals surface area contributed by atoms with Crippen LogP contribution in [0.1, 0.15) is 53.1 Å². The van der Waals surface area contributed by atoms with E-state index in [1.165, 1.54) is 22.4 Å². The number of rotatable bonds is 8. The van der Waals surface area contributed by atoms with E-state index in [-0.39, 0.29) is 6.04 Å². The van der Waals surface area contributed by atoms with Crippen molar-refractivity contribution < 1.29 is 9.47 Å². The maximum Gasteiger partial charge on any atom is 0.175 e.